The molecule has 0 rings (SSSR count). The van der Waals surface area contributed by atoms with E-state index in [1.807, 2.05) is 0 Å². The van der Waals surface area contributed by atoms with Crippen LogP contribution in [0.3, 0.4) is 0 Å². The number of ether oxygens (including phenoxy) is 1. The molecule has 0 aliphatic rings. The van der Waals surface area contributed by atoms with Crippen LogP contribution in [-0.4, -0.2) is 44.7 Å². The van der Waals surface area contributed by atoms with Gasteiger partial charge in [0.25, 0.3) is 0 Å². The average Bonchev–Trinajstić information content (AvgIpc) is 1.77. The maximum absolute atomic E-state index is 10.3. The van der Waals surface area contributed by atoms with Crippen molar-refractivity contribution >= 4 is 34.5 Å². The summed E-state index contributed by atoms with van der Waals surface area (Å²) in [6.07, 6.45) is -3.94. The fourth-order valence-electron chi connectivity index (χ4n) is 0.463. The van der Waals surface area contributed by atoms with Crippen molar-refractivity contribution in [3.8, 4) is 0 Å². The number of esters is 1. The van der Waals surface area contributed by atoms with Crippen molar-refractivity contribution in [3.05, 3.63) is 0 Å². The fraction of sp³-hybridized carbons (Fsp3) is 0.857. The third-order valence-electron chi connectivity index (χ3n) is 1.07. The van der Waals surface area contributed by atoms with Crippen LogP contribution < -0.4 is 4.89 Å². The number of rotatable bonds is 3. The van der Waals surface area contributed by atoms with E-state index in [9.17, 15) is 14.3 Å². The van der Waals surface area contributed by atoms with Gasteiger partial charge in [0.1, 0.15) is 13.2 Å². The number of quaternary nitrogens is 1. The largest absolute Gasteiger partial charge is 0.776 e. The molecule has 0 saturated carbocycles. The highest BCUT2D eigenvalue weighted by Crippen LogP contribution is 2.46. The van der Waals surface area contributed by atoms with Gasteiger partial charge in [-0.1, -0.05) is 22.5 Å². The summed E-state index contributed by atoms with van der Waals surface area (Å²) < 4.78 is 14.8. The second-order valence-electron chi connectivity index (χ2n) is 3.77. The van der Waals surface area contributed by atoms with E-state index in [4.69, 9.17) is 4.74 Å². The van der Waals surface area contributed by atoms with Crippen molar-refractivity contribution < 1.29 is 23.5 Å². The van der Waals surface area contributed by atoms with Gasteiger partial charge >= 0.3 is 5.97 Å². The van der Waals surface area contributed by atoms with Crippen molar-refractivity contribution in [1.29, 1.82) is 0 Å². The van der Waals surface area contributed by atoms with Gasteiger partial charge in [-0.25, -0.2) is 0 Å². The quantitative estimate of drug-likeness (QED) is 0.442. The number of carbonyl (C=O) groups excluding carboxylic acids is 1. The van der Waals surface area contributed by atoms with Gasteiger partial charge < -0.3 is 18.7 Å². The minimum absolute atomic E-state index is 0.201. The van der Waals surface area contributed by atoms with Crippen molar-refractivity contribution in [2.45, 2.75) is 6.92 Å². The Balaban J connectivity index is 0. The van der Waals surface area contributed by atoms with Crippen LogP contribution >= 0.6 is 28.6 Å². The Hall–Kier alpha value is 0.200. The van der Waals surface area contributed by atoms with Crippen LogP contribution in [0.1, 0.15) is 6.92 Å². The lowest BCUT2D eigenvalue weighted by Gasteiger charge is -2.23. The minimum Gasteiger partial charge on any atom is -0.776 e. The van der Waals surface area contributed by atoms with Gasteiger partial charge in [-0.15, -0.1) is 0 Å². The first-order chi connectivity index (χ1) is 6.42. The van der Waals surface area contributed by atoms with E-state index < -0.39 is 6.07 Å². The molecular formula is C7H16Cl2NO4P. The molecule has 92 valence electrons. The van der Waals surface area contributed by atoms with E-state index in [2.05, 4.69) is 43.6 Å². The van der Waals surface area contributed by atoms with E-state index in [1.54, 1.807) is 0 Å². The molecule has 0 amide bonds. The highest BCUT2D eigenvalue weighted by atomic mass is 35.9. The molecule has 0 aliphatic heterocycles. The van der Waals surface area contributed by atoms with E-state index >= 15 is 0 Å². The number of halogens is 2. The molecule has 0 unspecified atom stereocenters. The van der Waals surface area contributed by atoms with Crippen LogP contribution in [0.5, 0.6) is 0 Å². The maximum Gasteiger partial charge on any atom is 0.302 e. The van der Waals surface area contributed by atoms with Gasteiger partial charge in [-0.2, -0.15) is 0 Å². The lowest BCUT2D eigenvalue weighted by molar-refractivity contribution is -0.870. The second-order valence-corrected chi connectivity index (χ2v) is 7.79. The number of carbonyl (C=O) groups is 1. The molecule has 0 heterocycles. The summed E-state index contributed by atoms with van der Waals surface area (Å²) in [5.41, 5.74) is 0. The Kier molecular flexibility index (Phi) is 8.76. The van der Waals surface area contributed by atoms with Crippen LogP contribution in [0.25, 0.3) is 0 Å². The van der Waals surface area contributed by atoms with Gasteiger partial charge in [0, 0.05) is 6.92 Å². The zero-order valence-corrected chi connectivity index (χ0v) is 11.6. The number of hydrogen-bond acceptors (Lipinski definition) is 4. The Morgan fingerprint density at radius 1 is 1.40 bits per heavy atom. The van der Waals surface area contributed by atoms with Gasteiger partial charge in [-0.05, 0) is 0 Å². The first-order valence-corrected chi connectivity index (χ1v) is 7.49. The summed E-state index contributed by atoms with van der Waals surface area (Å²) in [6.45, 7) is 2.80. The van der Waals surface area contributed by atoms with Gasteiger partial charge in [-0.3, -0.25) is 4.79 Å². The van der Waals surface area contributed by atoms with Crippen LogP contribution in [0, 0.1) is 0 Å². The predicted octanol–water partition coefficient (Wildman–Crippen LogP) is 1.19. The summed E-state index contributed by atoms with van der Waals surface area (Å²) in [4.78, 5) is 19.5. The number of likely N-dealkylation sites (N-methyl/N-ethyl adjacent to an activating group) is 1. The molecule has 8 heteroatoms. The van der Waals surface area contributed by atoms with Crippen LogP contribution in [0.15, 0.2) is 0 Å². The lowest BCUT2D eigenvalue weighted by Crippen LogP contribution is -2.37. The summed E-state index contributed by atoms with van der Waals surface area (Å²) in [7, 11) is 6.18. The van der Waals surface area contributed by atoms with Crippen LogP contribution in [0.2, 0.25) is 0 Å². The van der Waals surface area contributed by atoms with Gasteiger partial charge in [0.2, 0.25) is 0 Å². The summed E-state index contributed by atoms with van der Waals surface area (Å²) in [6, 6.07) is 0. The minimum atomic E-state index is -3.94. The molecule has 0 N–H and O–H groups in total. The monoisotopic (exact) mass is 279 g/mol. The summed E-state index contributed by atoms with van der Waals surface area (Å²) in [5.74, 6) is -0.201. The predicted molar refractivity (Wildman–Crippen MR) is 58.8 cm³/mol. The Morgan fingerprint density at radius 3 is 1.93 bits per heavy atom. The average molecular weight is 280 g/mol. The molecule has 0 saturated heterocycles. The third-order valence-corrected chi connectivity index (χ3v) is 1.07. The molecule has 0 aromatic heterocycles. The normalized spacial score (nSPS) is 11.4. The Morgan fingerprint density at radius 2 is 1.73 bits per heavy atom. The smallest absolute Gasteiger partial charge is 0.302 e. The molecule has 0 aliphatic carbocycles. The molecule has 0 spiro atoms. The first-order valence-electron chi connectivity index (χ1n) is 4.06. The Bertz CT molecular complexity index is 227. The molecule has 0 fully saturated rings. The molecule has 15 heavy (non-hydrogen) atoms. The van der Waals surface area contributed by atoms with Crippen LogP contribution in [0.4, 0.5) is 0 Å². The van der Waals surface area contributed by atoms with Gasteiger partial charge in [0.15, 0.2) is 6.07 Å². The zero-order chi connectivity index (χ0) is 12.7. The third kappa shape index (κ3) is 40.8. The van der Waals surface area contributed by atoms with Crippen molar-refractivity contribution in [2.24, 2.45) is 0 Å². The highest BCUT2D eigenvalue weighted by Gasteiger charge is 2.06. The molecule has 0 atom stereocenters. The molecular weight excluding hydrogens is 264 g/mol. The SMILES string of the molecule is CC(=O)OCC[N+](C)(C)C.O=P([O-])(Cl)Cl. The van der Waals surface area contributed by atoms with Gasteiger partial charge in [0.05, 0.1) is 21.1 Å². The summed E-state index contributed by atoms with van der Waals surface area (Å²) in [5, 5.41) is 0. The van der Waals surface area contributed by atoms with Crippen molar-refractivity contribution in [2.75, 3.05) is 34.3 Å². The first kappa shape index (κ1) is 17.6. The maximum atomic E-state index is 10.3. The van der Waals surface area contributed by atoms with E-state index in [1.165, 1.54) is 6.92 Å². The highest BCUT2D eigenvalue weighted by molar-refractivity contribution is 8.03. The second kappa shape index (κ2) is 7.47. The fourth-order valence-corrected chi connectivity index (χ4v) is 0.463. The van der Waals surface area contributed by atoms with E-state index in [0.29, 0.717) is 6.61 Å². The van der Waals surface area contributed by atoms with Crippen molar-refractivity contribution in [3.63, 3.8) is 0 Å². The molecule has 0 aromatic carbocycles. The molecule has 5 nitrogen and oxygen atoms in total. The molecule has 0 aromatic rings. The van der Waals surface area contributed by atoms with E-state index in [-0.39, 0.29) is 5.97 Å². The topological polar surface area (TPSA) is 66.4 Å². The Labute approximate surface area is 99.5 Å². The zero-order valence-electron chi connectivity index (χ0n) is 9.20. The molecule has 0 bridgehead atoms. The summed E-state index contributed by atoms with van der Waals surface area (Å²) >= 11 is 8.59. The van der Waals surface area contributed by atoms with E-state index in [0.717, 1.165) is 11.0 Å². The molecule has 0 radical (unpaired) electrons. The lowest BCUT2D eigenvalue weighted by atomic mass is 10.5. The number of nitrogens with zero attached hydrogens (tertiary/aromatic N) is 1. The van der Waals surface area contributed by atoms with Crippen LogP contribution in [-0.2, 0) is 14.1 Å². The number of hydrogen-bond donors (Lipinski definition) is 0. The van der Waals surface area contributed by atoms with Crippen molar-refractivity contribution in [1.82, 2.24) is 0 Å². The standard InChI is InChI=1S/C7H16NO2.Cl2HO2P/c1-7(9)10-6-5-8(2,3)4;1-5(2,3)4/h5-6H2,1-4H3;(H,3,4)/q+1;/p-1.